The molecular weight excluding hydrogens is 284 g/mol. The first kappa shape index (κ1) is 15.4. The van der Waals surface area contributed by atoms with Crippen molar-refractivity contribution in [3.8, 4) is 0 Å². The number of amides is 1. The molecule has 2 aromatic rings. The van der Waals surface area contributed by atoms with Gasteiger partial charge >= 0.3 is 0 Å². The Bertz CT molecular complexity index is 570. The number of benzene rings is 1. The average molecular weight is 299 g/mol. The first-order chi connectivity index (χ1) is 8.58. The lowest BCUT2D eigenvalue weighted by atomic mass is 10.2. The van der Waals surface area contributed by atoms with Gasteiger partial charge in [0, 0.05) is 11.6 Å². The van der Waals surface area contributed by atoms with E-state index in [0.29, 0.717) is 22.3 Å². The average Bonchev–Trinajstić information content (AvgIpc) is 2.78. The Kier molecular flexibility index (Phi) is 5.26. The molecule has 1 aromatic heterocycles. The van der Waals surface area contributed by atoms with Crippen LogP contribution in [-0.2, 0) is 0 Å². The Morgan fingerprint density at radius 1 is 1.32 bits per heavy atom. The number of anilines is 2. The van der Waals surface area contributed by atoms with Crippen molar-refractivity contribution in [2.45, 2.75) is 19.8 Å². The summed E-state index contributed by atoms with van der Waals surface area (Å²) in [6.07, 6.45) is 0. The van der Waals surface area contributed by atoms with Gasteiger partial charge in [-0.1, -0.05) is 37.3 Å². The number of nitrogens with one attached hydrogen (secondary N) is 1. The van der Waals surface area contributed by atoms with E-state index in [2.05, 4.69) is 15.5 Å². The van der Waals surface area contributed by atoms with E-state index >= 15 is 0 Å². The third-order valence-corrected chi connectivity index (χ3v) is 3.50. The standard InChI is InChI=1S/C12H14N4OS.ClH/c1-7(2)11-15-16-12(18-11)14-10(17)8-5-3-4-6-9(8)13;/h3-7H,13H2,1-2H3,(H,14,16,17);1H. The van der Waals surface area contributed by atoms with Gasteiger partial charge < -0.3 is 5.73 Å². The van der Waals surface area contributed by atoms with Crippen molar-refractivity contribution in [3.05, 3.63) is 34.8 Å². The van der Waals surface area contributed by atoms with Gasteiger partial charge in [0.05, 0.1) is 5.56 Å². The summed E-state index contributed by atoms with van der Waals surface area (Å²) in [6, 6.07) is 6.92. The number of nitrogen functional groups attached to an aromatic ring is 1. The van der Waals surface area contributed by atoms with E-state index in [0.717, 1.165) is 5.01 Å². The highest BCUT2D eigenvalue weighted by atomic mass is 35.5. The number of rotatable bonds is 3. The molecule has 0 aliphatic rings. The van der Waals surface area contributed by atoms with Crippen LogP contribution in [0.1, 0.15) is 35.1 Å². The van der Waals surface area contributed by atoms with Gasteiger partial charge in [-0.25, -0.2) is 0 Å². The Morgan fingerprint density at radius 2 is 2.00 bits per heavy atom. The second-order valence-corrected chi connectivity index (χ2v) is 5.15. The summed E-state index contributed by atoms with van der Waals surface area (Å²) < 4.78 is 0. The highest BCUT2D eigenvalue weighted by Gasteiger charge is 2.13. The number of hydrogen-bond acceptors (Lipinski definition) is 5. The van der Waals surface area contributed by atoms with E-state index < -0.39 is 0 Å². The van der Waals surface area contributed by atoms with E-state index in [-0.39, 0.29) is 18.3 Å². The molecule has 1 amide bonds. The number of nitrogens with two attached hydrogens (primary N) is 1. The summed E-state index contributed by atoms with van der Waals surface area (Å²) in [6.45, 7) is 4.06. The van der Waals surface area contributed by atoms with Gasteiger partial charge in [-0.2, -0.15) is 0 Å². The third-order valence-electron chi connectivity index (χ3n) is 2.36. The smallest absolute Gasteiger partial charge is 0.259 e. The topological polar surface area (TPSA) is 80.9 Å². The van der Waals surface area contributed by atoms with Crippen molar-refractivity contribution in [1.29, 1.82) is 0 Å². The van der Waals surface area contributed by atoms with Gasteiger partial charge in [-0.3, -0.25) is 10.1 Å². The van der Waals surface area contributed by atoms with Crippen LogP contribution in [0.5, 0.6) is 0 Å². The van der Waals surface area contributed by atoms with Crippen LogP contribution in [0.25, 0.3) is 0 Å². The van der Waals surface area contributed by atoms with Crippen molar-refractivity contribution < 1.29 is 4.79 Å². The Morgan fingerprint density at radius 3 is 2.58 bits per heavy atom. The van der Waals surface area contributed by atoms with Gasteiger partial charge in [0.15, 0.2) is 0 Å². The summed E-state index contributed by atoms with van der Waals surface area (Å²) in [5.41, 5.74) is 6.63. The van der Waals surface area contributed by atoms with E-state index in [9.17, 15) is 4.79 Å². The van der Waals surface area contributed by atoms with Crippen LogP contribution in [0.3, 0.4) is 0 Å². The zero-order valence-corrected chi connectivity index (χ0v) is 12.2. The molecule has 0 aliphatic heterocycles. The lowest BCUT2D eigenvalue weighted by Crippen LogP contribution is -2.13. The lowest BCUT2D eigenvalue weighted by molar-refractivity contribution is 0.102. The second kappa shape index (κ2) is 6.49. The van der Waals surface area contributed by atoms with E-state index in [4.69, 9.17) is 5.73 Å². The fourth-order valence-corrected chi connectivity index (χ4v) is 2.13. The Balaban J connectivity index is 0.00000180. The van der Waals surface area contributed by atoms with Gasteiger partial charge in [0.2, 0.25) is 5.13 Å². The van der Waals surface area contributed by atoms with Crippen LogP contribution in [-0.4, -0.2) is 16.1 Å². The molecule has 0 spiro atoms. The van der Waals surface area contributed by atoms with Crippen molar-refractivity contribution in [1.82, 2.24) is 10.2 Å². The van der Waals surface area contributed by atoms with Gasteiger partial charge in [0.25, 0.3) is 5.91 Å². The van der Waals surface area contributed by atoms with Crippen molar-refractivity contribution in [3.63, 3.8) is 0 Å². The molecule has 0 radical (unpaired) electrons. The van der Waals surface area contributed by atoms with E-state index in [1.807, 2.05) is 13.8 Å². The number of aromatic nitrogens is 2. The summed E-state index contributed by atoms with van der Waals surface area (Å²) in [4.78, 5) is 12.0. The van der Waals surface area contributed by atoms with E-state index in [1.54, 1.807) is 24.3 Å². The molecule has 0 bridgehead atoms. The maximum absolute atomic E-state index is 12.0. The van der Waals surface area contributed by atoms with Crippen LogP contribution in [0.15, 0.2) is 24.3 Å². The van der Waals surface area contributed by atoms with Crippen LogP contribution in [0.2, 0.25) is 0 Å². The van der Waals surface area contributed by atoms with Crippen molar-refractivity contribution >= 4 is 40.5 Å². The monoisotopic (exact) mass is 298 g/mol. The number of halogens is 1. The Labute approximate surface area is 121 Å². The molecular formula is C12H15ClN4OS. The van der Waals surface area contributed by atoms with Gasteiger partial charge in [0.1, 0.15) is 5.01 Å². The van der Waals surface area contributed by atoms with E-state index in [1.165, 1.54) is 11.3 Å². The number of nitrogens with zero attached hydrogens (tertiary/aromatic N) is 2. The number of hydrogen-bond donors (Lipinski definition) is 2. The largest absolute Gasteiger partial charge is 0.398 e. The highest BCUT2D eigenvalue weighted by Crippen LogP contribution is 2.23. The summed E-state index contributed by atoms with van der Waals surface area (Å²) in [5.74, 6) is 0.0366. The molecule has 3 N–H and O–H groups in total. The zero-order valence-electron chi connectivity index (χ0n) is 10.6. The van der Waals surface area contributed by atoms with Crippen LogP contribution >= 0.6 is 23.7 Å². The molecule has 0 saturated carbocycles. The quantitative estimate of drug-likeness (QED) is 0.854. The molecule has 5 nitrogen and oxygen atoms in total. The summed E-state index contributed by atoms with van der Waals surface area (Å²) in [5, 5.41) is 12.0. The first-order valence-corrected chi connectivity index (χ1v) is 6.39. The first-order valence-electron chi connectivity index (χ1n) is 5.57. The molecule has 2 rings (SSSR count). The van der Waals surface area contributed by atoms with Crippen LogP contribution in [0.4, 0.5) is 10.8 Å². The lowest BCUT2D eigenvalue weighted by Gasteiger charge is -2.03. The van der Waals surface area contributed by atoms with Gasteiger partial charge in [-0.05, 0) is 12.1 Å². The van der Waals surface area contributed by atoms with Crippen LogP contribution in [0, 0.1) is 0 Å². The number of para-hydroxylation sites is 1. The minimum absolute atomic E-state index is 0. The third kappa shape index (κ3) is 3.65. The highest BCUT2D eigenvalue weighted by molar-refractivity contribution is 7.15. The zero-order chi connectivity index (χ0) is 13.1. The molecule has 102 valence electrons. The molecule has 1 heterocycles. The minimum atomic E-state index is -0.264. The molecule has 0 fully saturated rings. The minimum Gasteiger partial charge on any atom is -0.398 e. The molecule has 0 unspecified atom stereocenters. The number of carbonyl (C=O) groups is 1. The fourth-order valence-electron chi connectivity index (χ4n) is 1.39. The van der Waals surface area contributed by atoms with Crippen LogP contribution < -0.4 is 11.1 Å². The molecule has 7 heteroatoms. The van der Waals surface area contributed by atoms with Crippen molar-refractivity contribution in [2.75, 3.05) is 11.1 Å². The van der Waals surface area contributed by atoms with Gasteiger partial charge in [-0.15, -0.1) is 22.6 Å². The Hall–Kier alpha value is -1.66. The maximum Gasteiger partial charge on any atom is 0.259 e. The normalized spacial score (nSPS) is 10.1. The molecule has 0 atom stereocenters. The maximum atomic E-state index is 12.0. The molecule has 19 heavy (non-hydrogen) atoms. The molecule has 0 saturated heterocycles. The summed E-state index contributed by atoms with van der Waals surface area (Å²) >= 11 is 1.37. The predicted molar refractivity (Wildman–Crippen MR) is 80.1 cm³/mol. The number of carbonyl (C=O) groups excluding carboxylic acids is 1. The predicted octanol–water partition coefficient (Wildman–Crippen LogP) is 2.92. The second-order valence-electron chi connectivity index (χ2n) is 4.14. The van der Waals surface area contributed by atoms with Crippen molar-refractivity contribution in [2.24, 2.45) is 0 Å². The molecule has 1 aromatic carbocycles. The SMILES string of the molecule is CC(C)c1nnc(NC(=O)c2ccccc2N)s1.Cl. The summed E-state index contributed by atoms with van der Waals surface area (Å²) in [7, 11) is 0. The molecule has 0 aliphatic carbocycles. The fraction of sp³-hybridized carbons (Fsp3) is 0.250.